The maximum atomic E-state index is 10.2. The van der Waals surface area contributed by atoms with Crippen molar-refractivity contribution in [2.24, 2.45) is 0 Å². The number of hydrogen-bond acceptors (Lipinski definition) is 2. The van der Waals surface area contributed by atoms with Gasteiger partial charge in [-0.05, 0) is 115 Å². The summed E-state index contributed by atoms with van der Waals surface area (Å²) in [4.78, 5) is 2.03. The highest BCUT2D eigenvalue weighted by atomic mass is 32.2. The first-order valence-electron chi connectivity index (χ1n) is 28.6. The van der Waals surface area contributed by atoms with Gasteiger partial charge in [-0.15, -0.1) is 0 Å². The fraction of sp³-hybridized carbons (Fsp3) is 0.276. The first-order valence-corrected chi connectivity index (χ1v) is 25.2. The van der Waals surface area contributed by atoms with Gasteiger partial charge in [0.2, 0.25) is 0 Å². The standard InChI is InChI=1S/C58H56S2Si/c1-57(2)47-29-15-16-31-51(47)59-55-49(57)30-18-32-53(55)61(43-24-7-5-8-25-43,44-26-9-6-10-27-44)45-28-17-23-42(37-45)54-46(40-21-13-14-22-40)34-36-50-56(54)60-52-38-41(39-19-11-12-20-39)33-35-48(52)58(50,3)4/h5-10,15-18,23-40H,11-14,19-22H2,1-4H3/i1D3,2D3,3D3,4D3,39D,40D. The monoisotopic (exact) mass is 858 g/mol. The molecule has 2 heterocycles. The predicted octanol–water partition coefficient (Wildman–Crippen LogP) is 13.6. The van der Waals surface area contributed by atoms with Crippen molar-refractivity contribution in [1.82, 2.24) is 0 Å². The fourth-order valence-corrected chi connectivity index (χ4v) is 18.8. The van der Waals surface area contributed by atoms with E-state index in [2.05, 4.69) is 36.4 Å². The molecule has 0 spiro atoms. The largest absolute Gasteiger partial charge is 0.180 e. The van der Waals surface area contributed by atoms with Gasteiger partial charge in [-0.25, -0.2) is 0 Å². The van der Waals surface area contributed by atoms with E-state index in [-0.39, 0.29) is 22.3 Å². The third-order valence-electron chi connectivity index (χ3n) is 13.7. The van der Waals surface area contributed by atoms with Crippen molar-refractivity contribution in [3.8, 4) is 11.1 Å². The van der Waals surface area contributed by atoms with Crippen LogP contribution in [-0.2, 0) is 10.8 Å². The Bertz CT molecular complexity index is 3270. The van der Waals surface area contributed by atoms with Gasteiger partial charge in [0.1, 0.15) is 0 Å². The maximum absolute atomic E-state index is 10.2. The quantitative estimate of drug-likeness (QED) is 0.116. The molecule has 0 unspecified atom stereocenters. The van der Waals surface area contributed by atoms with Crippen molar-refractivity contribution in [2.75, 3.05) is 0 Å². The van der Waals surface area contributed by atoms with Gasteiger partial charge < -0.3 is 0 Å². The molecule has 3 heteroatoms. The van der Waals surface area contributed by atoms with E-state index in [1.54, 1.807) is 54.6 Å². The molecule has 11 rings (SSSR count). The van der Waals surface area contributed by atoms with E-state index in [1.807, 2.05) is 66.7 Å². The summed E-state index contributed by atoms with van der Waals surface area (Å²) in [6.07, 6.45) is 5.76. The zero-order valence-corrected chi connectivity index (χ0v) is 36.6. The van der Waals surface area contributed by atoms with E-state index >= 15 is 0 Å². The van der Waals surface area contributed by atoms with Crippen molar-refractivity contribution in [3.63, 3.8) is 0 Å². The second kappa shape index (κ2) is 15.4. The molecule has 7 aromatic carbocycles. The lowest BCUT2D eigenvalue weighted by atomic mass is 9.75. The Kier molecular flexibility index (Phi) is 6.76. The lowest BCUT2D eigenvalue weighted by Gasteiger charge is -2.41. The highest BCUT2D eigenvalue weighted by molar-refractivity contribution is 8.00. The maximum Gasteiger partial charge on any atom is 0.180 e. The van der Waals surface area contributed by atoms with Crippen LogP contribution in [0.1, 0.15) is 143 Å². The molecule has 0 atom stereocenters. The number of hydrogen-bond donors (Lipinski definition) is 0. The van der Waals surface area contributed by atoms with Gasteiger partial charge in [-0.1, -0.05) is 222 Å². The second-order valence-electron chi connectivity index (χ2n) is 17.1. The predicted molar refractivity (Wildman–Crippen MR) is 263 cm³/mol. The van der Waals surface area contributed by atoms with Crippen LogP contribution in [0.5, 0.6) is 0 Å². The smallest absolute Gasteiger partial charge is 0.0895 e. The average Bonchev–Trinajstić information content (AvgIpc) is 4.08. The van der Waals surface area contributed by atoms with Gasteiger partial charge in [-0.3, -0.25) is 0 Å². The Hall–Kier alpha value is -4.54. The van der Waals surface area contributed by atoms with E-state index in [1.165, 1.54) is 23.5 Å². The van der Waals surface area contributed by atoms with Gasteiger partial charge in [0.15, 0.2) is 8.07 Å². The van der Waals surface area contributed by atoms with Crippen LogP contribution in [0, 0.1) is 0 Å². The number of fused-ring (bicyclic) bond motifs is 4. The Morgan fingerprint density at radius 3 is 1.75 bits per heavy atom. The molecule has 2 aliphatic carbocycles. The van der Waals surface area contributed by atoms with Crippen molar-refractivity contribution < 1.29 is 19.2 Å². The number of rotatable bonds is 7. The second-order valence-corrected chi connectivity index (χ2v) is 23.0. The van der Waals surface area contributed by atoms with Crippen LogP contribution in [0.15, 0.2) is 177 Å². The van der Waals surface area contributed by atoms with E-state index in [9.17, 15) is 19.2 Å². The lowest BCUT2D eigenvalue weighted by Crippen LogP contribution is -2.75. The Morgan fingerprint density at radius 2 is 1.05 bits per heavy atom. The summed E-state index contributed by atoms with van der Waals surface area (Å²) in [7, 11) is -3.77. The zero-order valence-electron chi connectivity index (χ0n) is 48.0. The molecule has 61 heavy (non-hydrogen) atoms. The highest BCUT2D eigenvalue weighted by Crippen LogP contribution is 2.56. The summed E-state index contributed by atoms with van der Waals surface area (Å²) < 4.78 is 131. The van der Waals surface area contributed by atoms with Gasteiger partial charge in [0, 0.05) is 49.6 Å². The molecule has 0 saturated heterocycles. The van der Waals surface area contributed by atoms with Gasteiger partial charge in [0.05, 0.1) is 0 Å². The molecule has 7 aromatic rings. The van der Waals surface area contributed by atoms with Crippen LogP contribution in [0.25, 0.3) is 11.1 Å². The average molecular weight is 859 g/mol. The number of benzene rings is 7. The van der Waals surface area contributed by atoms with Crippen LogP contribution in [0.4, 0.5) is 0 Å². The molecule has 0 N–H and O–H groups in total. The van der Waals surface area contributed by atoms with E-state index in [4.69, 9.17) is 0 Å². The molecular weight excluding hydrogens is 789 g/mol. The third kappa shape index (κ3) is 6.31. The van der Waals surface area contributed by atoms with E-state index in [0.717, 1.165) is 52.0 Å². The zero-order chi connectivity index (χ0) is 53.2. The molecular formula is C58H56S2Si. The van der Waals surface area contributed by atoms with Gasteiger partial charge in [-0.2, -0.15) is 0 Å². The van der Waals surface area contributed by atoms with Crippen LogP contribution in [0.2, 0.25) is 0 Å². The Morgan fingerprint density at radius 1 is 0.492 bits per heavy atom. The Balaban J connectivity index is 1.26. The Labute approximate surface area is 393 Å². The van der Waals surface area contributed by atoms with Crippen molar-refractivity contribution in [3.05, 3.63) is 191 Å². The summed E-state index contributed by atoms with van der Waals surface area (Å²) >= 11 is 2.72. The SMILES string of the molecule is [2H]C1(c2ccc3c(c2)Sc2c(ccc(C4([2H])CCCC4)c2-c2cccc([Si](c4ccccc4)(c4ccccc4)c4cccc5c4Sc4ccccc4C5(C([2H])([2H])[2H])C([2H])([2H])[2H])c2)C3(C([2H])([2H])[2H])C([2H])([2H])[2H])CCCC1. The molecule has 2 saturated carbocycles. The topological polar surface area (TPSA) is 0 Å². The van der Waals surface area contributed by atoms with Gasteiger partial charge >= 0.3 is 0 Å². The minimum absolute atomic E-state index is 0.146. The minimum Gasteiger partial charge on any atom is -0.0895 e. The summed E-state index contributed by atoms with van der Waals surface area (Å²) in [6.45, 7) is -12.2. The first-order chi connectivity index (χ1) is 35.4. The van der Waals surface area contributed by atoms with Crippen molar-refractivity contribution >= 4 is 52.3 Å². The van der Waals surface area contributed by atoms with Crippen LogP contribution in [-0.4, -0.2) is 8.07 Å². The summed E-state index contributed by atoms with van der Waals surface area (Å²) in [5.41, 5.74) is -1.46. The molecule has 4 aliphatic rings. The van der Waals surface area contributed by atoms with E-state index < -0.39 is 58.1 Å². The normalized spacial score (nSPS) is 23.2. The molecule has 0 bridgehead atoms. The first kappa shape index (κ1) is 26.8. The third-order valence-corrected chi connectivity index (χ3v) is 21.1. The lowest BCUT2D eigenvalue weighted by molar-refractivity contribution is 0.603. The molecule has 0 aromatic heterocycles. The summed E-state index contributed by atoms with van der Waals surface area (Å²) in [6, 6.07) is 49.4. The molecule has 0 nitrogen and oxygen atoms in total. The highest BCUT2D eigenvalue weighted by Gasteiger charge is 2.46. The van der Waals surface area contributed by atoms with Crippen molar-refractivity contribution in [1.29, 1.82) is 0 Å². The van der Waals surface area contributed by atoms with Crippen LogP contribution >= 0.6 is 23.5 Å². The fourth-order valence-electron chi connectivity index (χ4n) is 10.7. The minimum atomic E-state index is -3.77. The molecule has 2 fully saturated rings. The van der Waals surface area contributed by atoms with Crippen LogP contribution in [0.3, 0.4) is 0 Å². The molecule has 0 radical (unpaired) electrons. The summed E-state index contributed by atoms with van der Waals surface area (Å²) in [5.74, 6) is -2.00. The van der Waals surface area contributed by atoms with E-state index in [0.29, 0.717) is 62.0 Å². The molecule has 0 amide bonds. The van der Waals surface area contributed by atoms with Crippen LogP contribution < -0.4 is 20.7 Å². The molecule has 2 aliphatic heterocycles. The summed E-state index contributed by atoms with van der Waals surface area (Å²) in [5, 5.41) is 3.51. The van der Waals surface area contributed by atoms with Gasteiger partial charge in [0.25, 0.3) is 0 Å². The van der Waals surface area contributed by atoms with Crippen molar-refractivity contribution in [2.45, 2.75) is 121 Å². The molecule has 304 valence electrons.